The van der Waals surface area contributed by atoms with Crippen LogP contribution in [0.15, 0.2) is 34.9 Å². The van der Waals surface area contributed by atoms with Crippen LogP contribution in [0.5, 0.6) is 11.5 Å². The van der Waals surface area contributed by atoms with E-state index in [1.54, 1.807) is 37.5 Å². The van der Waals surface area contributed by atoms with E-state index in [-0.39, 0.29) is 24.4 Å². The minimum atomic E-state index is -0.640. The second-order valence-electron chi connectivity index (χ2n) is 7.62. The second-order valence-corrected chi connectivity index (χ2v) is 7.62. The van der Waals surface area contributed by atoms with Gasteiger partial charge in [0, 0.05) is 13.1 Å². The van der Waals surface area contributed by atoms with Gasteiger partial charge in [0.05, 0.1) is 27.0 Å². The molecule has 1 unspecified atom stereocenters. The lowest BCUT2D eigenvalue weighted by Crippen LogP contribution is -2.54. The molecule has 0 fully saturated rings. The number of urea groups is 1. The summed E-state index contributed by atoms with van der Waals surface area (Å²) in [5, 5.41) is 5.71. The van der Waals surface area contributed by atoms with Gasteiger partial charge in [0.2, 0.25) is 5.91 Å². The first-order valence-electron chi connectivity index (χ1n) is 10.0. The van der Waals surface area contributed by atoms with Crippen molar-refractivity contribution in [3.63, 3.8) is 0 Å². The maximum absolute atomic E-state index is 12.9. The zero-order valence-electron chi connectivity index (χ0n) is 17.9. The predicted octanol–water partition coefficient (Wildman–Crippen LogP) is 2.71. The highest BCUT2D eigenvalue weighted by Crippen LogP contribution is 2.33. The Balaban J connectivity index is 1.64. The summed E-state index contributed by atoms with van der Waals surface area (Å²) < 4.78 is 16.0. The number of amides is 3. The number of nitrogens with zero attached hydrogens (tertiary/aromatic N) is 1. The molecule has 0 saturated heterocycles. The van der Waals surface area contributed by atoms with Crippen molar-refractivity contribution in [2.24, 2.45) is 5.92 Å². The van der Waals surface area contributed by atoms with Crippen LogP contribution in [-0.4, -0.2) is 43.6 Å². The Hall–Kier alpha value is -3.16. The number of hydrogen-bond donors (Lipinski definition) is 2. The third-order valence-corrected chi connectivity index (χ3v) is 5.25. The molecule has 8 heteroatoms. The molecule has 1 atom stereocenters. The second kappa shape index (κ2) is 9.56. The molecule has 3 amide bonds. The summed E-state index contributed by atoms with van der Waals surface area (Å²) in [4.78, 5) is 27.2. The molecule has 2 aromatic rings. The van der Waals surface area contributed by atoms with Crippen LogP contribution in [0.1, 0.15) is 30.7 Å². The summed E-state index contributed by atoms with van der Waals surface area (Å²) in [5.41, 5.74) is 2.14. The zero-order valence-corrected chi connectivity index (χ0v) is 17.9. The monoisotopic (exact) mass is 415 g/mol. The number of rotatable bonds is 7. The number of carbonyl (C=O) groups excluding carboxylic acids is 2. The summed E-state index contributed by atoms with van der Waals surface area (Å²) in [5.74, 6) is 1.68. The van der Waals surface area contributed by atoms with Gasteiger partial charge in [-0.1, -0.05) is 13.8 Å². The molecule has 0 bridgehead atoms. The fraction of sp³-hybridized carbons (Fsp3) is 0.455. The molecule has 2 heterocycles. The molecule has 0 saturated carbocycles. The highest BCUT2D eigenvalue weighted by atomic mass is 16.5. The Morgan fingerprint density at radius 2 is 1.87 bits per heavy atom. The first-order valence-corrected chi connectivity index (χ1v) is 10.0. The third-order valence-electron chi connectivity index (χ3n) is 5.25. The maximum Gasteiger partial charge on any atom is 0.318 e. The number of methoxy groups -OCH3 is 2. The first kappa shape index (κ1) is 21.5. The van der Waals surface area contributed by atoms with Gasteiger partial charge < -0.3 is 29.4 Å². The highest BCUT2D eigenvalue weighted by Gasteiger charge is 2.28. The lowest BCUT2D eigenvalue weighted by atomic mass is 9.99. The van der Waals surface area contributed by atoms with Gasteiger partial charge in [-0.2, -0.15) is 0 Å². The lowest BCUT2D eigenvalue weighted by molar-refractivity contribution is -0.124. The van der Waals surface area contributed by atoms with Crippen molar-refractivity contribution in [2.45, 2.75) is 39.4 Å². The molecule has 30 heavy (non-hydrogen) atoms. The van der Waals surface area contributed by atoms with Crippen molar-refractivity contribution < 1.29 is 23.5 Å². The summed E-state index contributed by atoms with van der Waals surface area (Å²) >= 11 is 0. The number of nitrogens with one attached hydrogen (secondary N) is 2. The summed E-state index contributed by atoms with van der Waals surface area (Å²) in [6.45, 7) is 5.09. The van der Waals surface area contributed by atoms with Crippen molar-refractivity contribution in [1.29, 1.82) is 0 Å². The van der Waals surface area contributed by atoms with E-state index in [4.69, 9.17) is 13.9 Å². The van der Waals surface area contributed by atoms with Gasteiger partial charge in [-0.05, 0) is 47.7 Å². The number of hydrogen-bond acceptors (Lipinski definition) is 5. The molecule has 1 aliphatic rings. The molecule has 162 valence electrons. The van der Waals surface area contributed by atoms with Crippen LogP contribution in [0.3, 0.4) is 0 Å². The maximum atomic E-state index is 12.9. The molecule has 0 spiro atoms. The fourth-order valence-corrected chi connectivity index (χ4v) is 3.51. The van der Waals surface area contributed by atoms with Gasteiger partial charge in [0.1, 0.15) is 11.8 Å². The minimum Gasteiger partial charge on any atom is -0.493 e. The average Bonchev–Trinajstić information content (AvgIpc) is 3.27. The minimum absolute atomic E-state index is 0.0630. The molecule has 0 aliphatic carbocycles. The summed E-state index contributed by atoms with van der Waals surface area (Å²) in [6.07, 6.45) is 2.27. The highest BCUT2D eigenvalue weighted by molar-refractivity contribution is 5.87. The van der Waals surface area contributed by atoms with E-state index in [1.807, 2.05) is 26.0 Å². The van der Waals surface area contributed by atoms with Crippen LogP contribution in [-0.2, 0) is 24.3 Å². The van der Waals surface area contributed by atoms with Crippen LogP contribution in [0, 0.1) is 5.92 Å². The molecule has 2 N–H and O–H groups in total. The number of fused-ring (bicyclic) bond motifs is 1. The van der Waals surface area contributed by atoms with E-state index in [0.29, 0.717) is 36.8 Å². The van der Waals surface area contributed by atoms with Crippen LogP contribution in [0.4, 0.5) is 4.79 Å². The van der Waals surface area contributed by atoms with Crippen molar-refractivity contribution in [3.8, 4) is 11.5 Å². The summed E-state index contributed by atoms with van der Waals surface area (Å²) in [7, 11) is 3.20. The van der Waals surface area contributed by atoms with Gasteiger partial charge in [-0.25, -0.2) is 4.79 Å². The largest absolute Gasteiger partial charge is 0.493 e. The normalized spacial score (nSPS) is 14.1. The quantitative estimate of drug-likeness (QED) is 0.725. The van der Waals surface area contributed by atoms with E-state index in [0.717, 1.165) is 11.1 Å². The first-order chi connectivity index (χ1) is 14.4. The molecule has 1 aliphatic heterocycles. The van der Waals surface area contributed by atoms with Crippen molar-refractivity contribution in [1.82, 2.24) is 15.5 Å². The molecule has 8 nitrogen and oxygen atoms in total. The predicted molar refractivity (Wildman–Crippen MR) is 111 cm³/mol. The Morgan fingerprint density at radius 1 is 1.17 bits per heavy atom. The Labute approximate surface area is 176 Å². The lowest BCUT2D eigenvalue weighted by Gasteiger charge is -2.32. The number of furan rings is 1. The van der Waals surface area contributed by atoms with E-state index < -0.39 is 6.04 Å². The molecule has 3 rings (SSSR count). The van der Waals surface area contributed by atoms with Gasteiger partial charge in [-0.15, -0.1) is 0 Å². The molecule has 1 aromatic heterocycles. The topological polar surface area (TPSA) is 93.0 Å². The van der Waals surface area contributed by atoms with E-state index >= 15 is 0 Å². The van der Waals surface area contributed by atoms with Crippen LogP contribution < -0.4 is 20.1 Å². The summed E-state index contributed by atoms with van der Waals surface area (Å²) in [6, 6.07) is 6.52. The molecular weight excluding hydrogens is 386 g/mol. The van der Waals surface area contributed by atoms with Gasteiger partial charge >= 0.3 is 6.03 Å². The number of carbonyl (C=O) groups is 2. The van der Waals surface area contributed by atoms with E-state index in [1.165, 1.54) is 0 Å². The smallest absolute Gasteiger partial charge is 0.318 e. The van der Waals surface area contributed by atoms with Crippen molar-refractivity contribution >= 4 is 11.9 Å². The van der Waals surface area contributed by atoms with E-state index in [2.05, 4.69) is 10.6 Å². The molecular formula is C22H29N3O5. The average molecular weight is 415 g/mol. The molecule has 1 aromatic carbocycles. The van der Waals surface area contributed by atoms with Gasteiger partial charge in [0.25, 0.3) is 0 Å². The third kappa shape index (κ3) is 4.87. The van der Waals surface area contributed by atoms with Crippen molar-refractivity contribution in [2.75, 3.05) is 20.8 Å². The van der Waals surface area contributed by atoms with Crippen LogP contribution in [0.25, 0.3) is 0 Å². The number of ether oxygens (including phenoxy) is 2. The standard InChI is InChI=1S/C22H29N3O5/c1-14(2)20(21(26)23-12-17-6-5-9-30-17)24-22(27)25-8-7-15-10-18(28-3)19(29-4)11-16(15)13-25/h5-6,9-11,14,20H,7-8,12-13H2,1-4H3,(H,23,26)(H,24,27). The SMILES string of the molecule is COc1cc2c(cc1OC)CN(C(=O)NC(C(=O)NCc1ccco1)C(C)C)CC2. The fourth-order valence-electron chi connectivity index (χ4n) is 3.51. The Kier molecular flexibility index (Phi) is 6.87. The van der Waals surface area contributed by atoms with E-state index in [9.17, 15) is 9.59 Å². The zero-order chi connectivity index (χ0) is 21.7. The Bertz CT molecular complexity index is 879. The van der Waals surface area contributed by atoms with Crippen molar-refractivity contribution in [3.05, 3.63) is 47.4 Å². The van der Waals surface area contributed by atoms with Crippen LogP contribution in [0.2, 0.25) is 0 Å². The van der Waals surface area contributed by atoms with Crippen LogP contribution >= 0.6 is 0 Å². The van der Waals surface area contributed by atoms with Gasteiger partial charge in [-0.3, -0.25) is 4.79 Å². The number of benzene rings is 1. The Morgan fingerprint density at radius 3 is 2.47 bits per heavy atom. The molecule has 0 radical (unpaired) electrons. The van der Waals surface area contributed by atoms with Gasteiger partial charge in [0.15, 0.2) is 11.5 Å².